The summed E-state index contributed by atoms with van der Waals surface area (Å²) in [5, 5.41) is 2.70. The van der Waals surface area contributed by atoms with Gasteiger partial charge >= 0.3 is 0 Å². The normalized spacial score (nSPS) is 11.6. The maximum Gasteiger partial charge on any atom is 0.272 e. The number of nitrogens with zero attached hydrogens (tertiary/aromatic N) is 1. The van der Waals surface area contributed by atoms with E-state index in [0.717, 1.165) is 0 Å². The number of H-pyrrole nitrogens is 1. The molecule has 158 valence electrons. The lowest BCUT2D eigenvalue weighted by Crippen LogP contribution is -2.30. The number of ketones is 1. The molecular weight excluding hydrogens is 394 g/mol. The SMILES string of the molecule is CCN(CC)S(=O)(=O)c1ccc(OC)c(NC(=O)c2[nH]c(C)c(C(C)=O)c2C)c1. The van der Waals surface area contributed by atoms with E-state index in [0.29, 0.717) is 35.7 Å². The Kier molecular flexibility index (Phi) is 6.86. The Morgan fingerprint density at radius 1 is 1.17 bits per heavy atom. The quantitative estimate of drug-likeness (QED) is 0.637. The molecule has 2 aromatic rings. The van der Waals surface area contributed by atoms with E-state index in [1.807, 2.05) is 0 Å². The number of aromatic amines is 1. The summed E-state index contributed by atoms with van der Waals surface area (Å²) in [6, 6.07) is 4.32. The zero-order valence-corrected chi connectivity index (χ0v) is 18.4. The van der Waals surface area contributed by atoms with Gasteiger partial charge in [-0.05, 0) is 44.5 Å². The van der Waals surface area contributed by atoms with Crippen LogP contribution in [-0.4, -0.2) is 49.6 Å². The predicted octanol–water partition coefficient (Wildman–Crippen LogP) is 3.13. The molecule has 1 amide bonds. The van der Waals surface area contributed by atoms with Crippen molar-refractivity contribution in [2.24, 2.45) is 0 Å². The molecule has 1 aromatic carbocycles. The van der Waals surface area contributed by atoms with E-state index in [9.17, 15) is 18.0 Å². The van der Waals surface area contributed by atoms with Crippen LogP contribution in [0, 0.1) is 13.8 Å². The van der Waals surface area contributed by atoms with Crippen LogP contribution in [0.2, 0.25) is 0 Å². The van der Waals surface area contributed by atoms with Gasteiger partial charge in [0.15, 0.2) is 5.78 Å². The van der Waals surface area contributed by atoms with E-state index >= 15 is 0 Å². The van der Waals surface area contributed by atoms with E-state index in [2.05, 4.69) is 10.3 Å². The molecule has 1 aromatic heterocycles. The third-order valence-corrected chi connectivity index (χ3v) is 6.82. The monoisotopic (exact) mass is 421 g/mol. The number of hydrogen-bond acceptors (Lipinski definition) is 5. The van der Waals surface area contributed by atoms with Gasteiger partial charge in [-0.25, -0.2) is 8.42 Å². The Bertz CT molecular complexity index is 1040. The average Bonchev–Trinajstić information content (AvgIpc) is 2.96. The van der Waals surface area contributed by atoms with Crippen molar-refractivity contribution in [1.82, 2.24) is 9.29 Å². The van der Waals surface area contributed by atoms with Crippen LogP contribution in [0.5, 0.6) is 5.75 Å². The van der Waals surface area contributed by atoms with Gasteiger partial charge in [0.05, 0.1) is 17.7 Å². The molecule has 0 bridgehead atoms. The minimum absolute atomic E-state index is 0.0566. The maximum absolute atomic E-state index is 12.8. The van der Waals surface area contributed by atoms with Gasteiger partial charge in [-0.2, -0.15) is 4.31 Å². The molecule has 29 heavy (non-hydrogen) atoms. The van der Waals surface area contributed by atoms with Crippen LogP contribution in [0.4, 0.5) is 5.69 Å². The van der Waals surface area contributed by atoms with Crippen molar-refractivity contribution in [2.75, 3.05) is 25.5 Å². The van der Waals surface area contributed by atoms with Gasteiger partial charge < -0.3 is 15.0 Å². The van der Waals surface area contributed by atoms with E-state index in [1.165, 1.54) is 36.5 Å². The summed E-state index contributed by atoms with van der Waals surface area (Å²) < 4.78 is 32.2. The van der Waals surface area contributed by atoms with Gasteiger partial charge in [0.1, 0.15) is 11.4 Å². The first-order valence-electron chi connectivity index (χ1n) is 9.28. The lowest BCUT2D eigenvalue weighted by Gasteiger charge is -2.19. The fraction of sp³-hybridized carbons (Fsp3) is 0.400. The van der Waals surface area contributed by atoms with E-state index in [-0.39, 0.29) is 22.1 Å². The highest BCUT2D eigenvalue weighted by Gasteiger charge is 2.25. The summed E-state index contributed by atoms with van der Waals surface area (Å²) in [6.45, 7) is 9.04. The van der Waals surface area contributed by atoms with E-state index in [4.69, 9.17) is 4.74 Å². The zero-order chi connectivity index (χ0) is 21.9. The molecule has 8 nitrogen and oxygen atoms in total. The highest BCUT2D eigenvalue weighted by Crippen LogP contribution is 2.30. The minimum atomic E-state index is -3.70. The van der Waals surface area contributed by atoms with Gasteiger partial charge in [0.25, 0.3) is 5.91 Å². The highest BCUT2D eigenvalue weighted by atomic mass is 32.2. The van der Waals surface area contributed by atoms with E-state index in [1.54, 1.807) is 27.7 Å². The molecule has 0 atom stereocenters. The molecule has 0 aliphatic heterocycles. The zero-order valence-electron chi connectivity index (χ0n) is 17.5. The lowest BCUT2D eigenvalue weighted by molar-refractivity contribution is 0.101. The summed E-state index contributed by atoms with van der Waals surface area (Å²) in [6.07, 6.45) is 0. The molecule has 0 radical (unpaired) electrons. The number of amides is 1. The summed E-state index contributed by atoms with van der Waals surface area (Å²) in [5.41, 5.74) is 2.08. The lowest BCUT2D eigenvalue weighted by atomic mass is 10.1. The molecule has 0 unspecified atom stereocenters. The second-order valence-corrected chi connectivity index (χ2v) is 8.52. The summed E-state index contributed by atoms with van der Waals surface area (Å²) in [7, 11) is -2.27. The van der Waals surface area contributed by atoms with Crippen molar-refractivity contribution in [1.29, 1.82) is 0 Å². The van der Waals surface area contributed by atoms with Crippen molar-refractivity contribution < 1.29 is 22.7 Å². The van der Waals surface area contributed by atoms with Crippen molar-refractivity contribution in [3.63, 3.8) is 0 Å². The molecule has 0 spiro atoms. The third-order valence-electron chi connectivity index (χ3n) is 4.78. The molecule has 2 N–H and O–H groups in total. The largest absolute Gasteiger partial charge is 0.495 e. The van der Waals surface area contributed by atoms with Crippen molar-refractivity contribution in [3.05, 3.63) is 40.7 Å². The van der Waals surface area contributed by atoms with Gasteiger partial charge in [0, 0.05) is 24.3 Å². The number of carbonyl (C=O) groups excluding carboxylic acids is 2. The number of aryl methyl sites for hydroxylation is 1. The first-order valence-corrected chi connectivity index (χ1v) is 10.7. The smallest absolute Gasteiger partial charge is 0.272 e. The van der Waals surface area contributed by atoms with Crippen molar-refractivity contribution in [2.45, 2.75) is 39.5 Å². The number of nitrogens with one attached hydrogen (secondary N) is 2. The number of hydrogen-bond donors (Lipinski definition) is 2. The van der Waals surface area contributed by atoms with Crippen LogP contribution < -0.4 is 10.1 Å². The number of rotatable bonds is 8. The first kappa shape index (κ1) is 22.6. The second-order valence-electron chi connectivity index (χ2n) is 6.59. The molecule has 2 rings (SSSR count). The molecule has 0 aliphatic carbocycles. The highest BCUT2D eigenvalue weighted by molar-refractivity contribution is 7.89. The van der Waals surface area contributed by atoms with Crippen LogP contribution in [0.15, 0.2) is 23.1 Å². The van der Waals surface area contributed by atoms with Gasteiger partial charge in [0.2, 0.25) is 10.0 Å². The number of anilines is 1. The second kappa shape index (κ2) is 8.79. The van der Waals surface area contributed by atoms with Gasteiger partial charge in [-0.1, -0.05) is 13.8 Å². The number of Topliss-reactive ketones (excluding diaryl/α,β-unsaturated/α-hetero) is 1. The molecule has 0 saturated heterocycles. The Morgan fingerprint density at radius 3 is 2.28 bits per heavy atom. The fourth-order valence-electron chi connectivity index (χ4n) is 3.35. The minimum Gasteiger partial charge on any atom is -0.495 e. The number of carbonyl (C=O) groups is 2. The third kappa shape index (κ3) is 4.35. The Balaban J connectivity index is 2.46. The summed E-state index contributed by atoms with van der Waals surface area (Å²) in [5.74, 6) is -0.307. The standard InChI is InChI=1S/C20H27N3O5S/c1-7-23(8-2)29(26,27)15-9-10-17(28-6)16(11-15)22-20(25)19-12(3)18(14(5)24)13(4)21-19/h9-11,21H,7-8H2,1-6H3,(H,22,25). The van der Waals surface area contributed by atoms with Crippen molar-refractivity contribution in [3.8, 4) is 5.75 Å². The van der Waals surface area contributed by atoms with Crippen molar-refractivity contribution >= 4 is 27.4 Å². The van der Waals surface area contributed by atoms with Crippen LogP contribution >= 0.6 is 0 Å². The Morgan fingerprint density at radius 2 is 1.79 bits per heavy atom. The van der Waals surface area contributed by atoms with Gasteiger partial charge in [-0.3, -0.25) is 9.59 Å². The number of sulfonamides is 1. The molecule has 0 fully saturated rings. The van der Waals surface area contributed by atoms with Gasteiger partial charge in [-0.15, -0.1) is 0 Å². The topological polar surface area (TPSA) is 109 Å². The molecule has 0 saturated carbocycles. The number of methoxy groups -OCH3 is 1. The summed E-state index contributed by atoms with van der Waals surface area (Å²) >= 11 is 0. The molecule has 1 heterocycles. The number of benzene rings is 1. The Labute approximate surface area is 171 Å². The van der Waals surface area contributed by atoms with Crippen LogP contribution in [-0.2, 0) is 10.0 Å². The first-order chi connectivity index (χ1) is 13.6. The van der Waals surface area contributed by atoms with Crippen LogP contribution in [0.1, 0.15) is 52.9 Å². The Hall–Kier alpha value is -2.65. The molecular formula is C20H27N3O5S. The molecule has 0 aliphatic rings. The fourth-order valence-corrected chi connectivity index (χ4v) is 4.83. The summed E-state index contributed by atoms with van der Waals surface area (Å²) in [4.78, 5) is 27.6. The average molecular weight is 422 g/mol. The maximum atomic E-state index is 12.8. The van der Waals surface area contributed by atoms with Crippen LogP contribution in [0.3, 0.4) is 0 Å². The number of aromatic nitrogens is 1. The number of ether oxygens (including phenoxy) is 1. The molecule has 9 heteroatoms. The predicted molar refractivity (Wildman–Crippen MR) is 111 cm³/mol. The van der Waals surface area contributed by atoms with Crippen LogP contribution in [0.25, 0.3) is 0 Å². The van der Waals surface area contributed by atoms with E-state index < -0.39 is 15.9 Å².